The number of piperazine rings is 1. The van der Waals surface area contributed by atoms with E-state index in [9.17, 15) is 13.2 Å². The highest BCUT2D eigenvalue weighted by molar-refractivity contribution is 5.59. The molecule has 4 aromatic rings. The van der Waals surface area contributed by atoms with E-state index < -0.39 is 18.1 Å². The zero-order valence-electron chi connectivity index (χ0n) is 18.3. The number of hydrogen-bond acceptors (Lipinski definition) is 8. The van der Waals surface area contributed by atoms with Crippen LogP contribution in [-0.4, -0.2) is 68.3 Å². The van der Waals surface area contributed by atoms with Crippen LogP contribution in [0.5, 0.6) is 0 Å². The fourth-order valence-electron chi connectivity index (χ4n) is 3.69. The van der Waals surface area contributed by atoms with E-state index in [0.29, 0.717) is 11.3 Å². The molecule has 0 spiro atoms. The summed E-state index contributed by atoms with van der Waals surface area (Å²) in [6.45, 7) is 4.01. The molecule has 1 aliphatic rings. The number of aromatic nitrogens is 6. The van der Waals surface area contributed by atoms with Crippen LogP contribution in [0, 0.1) is 5.82 Å². The van der Waals surface area contributed by atoms with Crippen molar-refractivity contribution < 1.29 is 17.6 Å². The average Bonchev–Trinajstić information content (AvgIpc) is 3.52. The van der Waals surface area contributed by atoms with Crippen LogP contribution in [0.2, 0.25) is 0 Å². The zero-order chi connectivity index (χ0) is 23.7. The highest BCUT2D eigenvalue weighted by Gasteiger charge is 2.18. The Bertz CT molecular complexity index is 1270. The molecule has 176 valence electrons. The topological polar surface area (TPSA) is 89.0 Å². The maximum Gasteiger partial charge on any atom is 0.314 e. The minimum atomic E-state index is -2.88. The highest BCUT2D eigenvalue weighted by atomic mass is 19.3. The maximum atomic E-state index is 14.6. The molecule has 34 heavy (non-hydrogen) atoms. The molecule has 0 aliphatic carbocycles. The summed E-state index contributed by atoms with van der Waals surface area (Å²) in [6, 6.07) is 8.12. The van der Waals surface area contributed by atoms with Crippen molar-refractivity contribution in [2.45, 2.75) is 13.0 Å². The van der Waals surface area contributed by atoms with Crippen LogP contribution in [0.4, 0.5) is 19.0 Å². The fraction of sp³-hybridized carbons (Fsp3) is 0.318. The molecular formula is C22H21F3N8O. The van der Waals surface area contributed by atoms with Gasteiger partial charge < -0.3 is 14.2 Å². The lowest BCUT2D eigenvalue weighted by Gasteiger charge is -2.33. The number of rotatable bonds is 6. The molecule has 5 rings (SSSR count). The Morgan fingerprint density at radius 3 is 2.47 bits per heavy atom. The first-order valence-electron chi connectivity index (χ1n) is 10.7. The van der Waals surface area contributed by atoms with Gasteiger partial charge in [0, 0.05) is 49.1 Å². The van der Waals surface area contributed by atoms with Gasteiger partial charge >= 0.3 is 6.43 Å². The number of nitrogens with zero attached hydrogens (tertiary/aromatic N) is 8. The zero-order valence-corrected chi connectivity index (χ0v) is 18.3. The summed E-state index contributed by atoms with van der Waals surface area (Å²) in [5.41, 5.74) is 2.00. The van der Waals surface area contributed by atoms with Crippen molar-refractivity contribution in [3.8, 4) is 22.7 Å². The molecule has 4 heterocycles. The number of benzene rings is 1. The Balaban J connectivity index is 1.27. The smallest absolute Gasteiger partial charge is 0.314 e. The van der Waals surface area contributed by atoms with Crippen molar-refractivity contribution in [2.24, 2.45) is 0 Å². The van der Waals surface area contributed by atoms with Crippen LogP contribution in [0.3, 0.4) is 0 Å². The predicted molar refractivity (Wildman–Crippen MR) is 117 cm³/mol. The lowest BCUT2D eigenvalue weighted by Crippen LogP contribution is -2.44. The predicted octanol–water partition coefficient (Wildman–Crippen LogP) is 3.27. The van der Waals surface area contributed by atoms with Gasteiger partial charge in [0.2, 0.25) is 5.89 Å². The summed E-state index contributed by atoms with van der Waals surface area (Å²) >= 11 is 0. The van der Waals surface area contributed by atoms with Gasteiger partial charge in [0.25, 0.3) is 5.89 Å². The number of pyridine rings is 1. The molecule has 0 radical (unpaired) electrons. The SMILES string of the molecule is CN1CCN(c2ccc(-c3cn(Cc4ccc(-c5nnc(C(F)F)o5)cc4F)nn3)cn2)CC1. The molecule has 1 saturated heterocycles. The van der Waals surface area contributed by atoms with Gasteiger partial charge in [0.05, 0.1) is 12.7 Å². The van der Waals surface area contributed by atoms with Crippen molar-refractivity contribution in [2.75, 3.05) is 38.1 Å². The van der Waals surface area contributed by atoms with Crippen LogP contribution in [0.25, 0.3) is 22.7 Å². The standard InChI is InChI=1S/C22H21F3N8O/c1-31-6-8-32(9-7-31)19-5-4-15(11-26-19)18-13-33(30-27-18)12-16-3-2-14(10-17(16)23)21-28-29-22(34-21)20(24)25/h2-5,10-11,13,20H,6-9,12H2,1H3. The summed E-state index contributed by atoms with van der Waals surface area (Å²) in [5, 5.41) is 15.1. The number of anilines is 1. The Morgan fingerprint density at radius 2 is 1.79 bits per heavy atom. The van der Waals surface area contributed by atoms with Gasteiger partial charge in [-0.1, -0.05) is 11.3 Å². The minimum Gasteiger partial charge on any atom is -0.415 e. The summed E-state index contributed by atoms with van der Waals surface area (Å²) in [5.74, 6) is -0.602. The molecule has 0 atom stereocenters. The van der Waals surface area contributed by atoms with E-state index in [0.717, 1.165) is 43.6 Å². The molecule has 0 saturated carbocycles. The molecule has 1 fully saturated rings. The first kappa shape index (κ1) is 22.0. The molecule has 1 aromatic carbocycles. The monoisotopic (exact) mass is 470 g/mol. The number of halogens is 3. The third kappa shape index (κ3) is 4.62. The number of hydrogen-bond donors (Lipinski definition) is 0. The van der Waals surface area contributed by atoms with Gasteiger partial charge in [-0.2, -0.15) is 8.78 Å². The molecule has 0 bridgehead atoms. The van der Waals surface area contributed by atoms with Crippen LogP contribution in [-0.2, 0) is 6.54 Å². The summed E-state index contributed by atoms with van der Waals surface area (Å²) in [4.78, 5) is 9.10. The molecule has 1 aliphatic heterocycles. The molecule has 0 unspecified atom stereocenters. The Morgan fingerprint density at radius 1 is 1.00 bits per heavy atom. The van der Waals surface area contributed by atoms with Gasteiger partial charge in [0.1, 0.15) is 17.3 Å². The maximum absolute atomic E-state index is 14.6. The van der Waals surface area contributed by atoms with Crippen LogP contribution < -0.4 is 4.90 Å². The van der Waals surface area contributed by atoms with E-state index in [2.05, 4.69) is 42.3 Å². The Kier molecular flexibility index (Phi) is 5.97. The molecule has 0 amide bonds. The van der Waals surface area contributed by atoms with Crippen LogP contribution in [0.1, 0.15) is 17.9 Å². The quantitative estimate of drug-likeness (QED) is 0.424. The fourth-order valence-corrected chi connectivity index (χ4v) is 3.69. The number of alkyl halides is 2. The van der Waals surface area contributed by atoms with Gasteiger partial charge in [-0.05, 0) is 31.3 Å². The normalized spacial score (nSPS) is 14.8. The lowest BCUT2D eigenvalue weighted by atomic mass is 10.1. The van der Waals surface area contributed by atoms with Gasteiger partial charge in [-0.3, -0.25) is 0 Å². The van der Waals surface area contributed by atoms with Crippen molar-refractivity contribution in [3.63, 3.8) is 0 Å². The van der Waals surface area contributed by atoms with E-state index >= 15 is 0 Å². The second-order valence-electron chi connectivity index (χ2n) is 8.05. The Hall–Kier alpha value is -3.80. The number of likely N-dealkylation sites (N-methyl/N-ethyl adjacent to an activating group) is 1. The highest BCUT2D eigenvalue weighted by Crippen LogP contribution is 2.25. The van der Waals surface area contributed by atoms with E-state index in [-0.39, 0.29) is 18.0 Å². The van der Waals surface area contributed by atoms with Crippen molar-refractivity contribution in [3.05, 3.63) is 60.0 Å². The summed E-state index contributed by atoms with van der Waals surface area (Å²) in [7, 11) is 2.11. The van der Waals surface area contributed by atoms with Gasteiger partial charge in [-0.15, -0.1) is 15.3 Å². The van der Waals surface area contributed by atoms with Crippen molar-refractivity contribution >= 4 is 5.82 Å². The first-order valence-corrected chi connectivity index (χ1v) is 10.7. The summed E-state index contributed by atoms with van der Waals surface area (Å²) < 4.78 is 46.3. The van der Waals surface area contributed by atoms with Gasteiger partial charge in [-0.25, -0.2) is 14.1 Å². The van der Waals surface area contributed by atoms with Crippen molar-refractivity contribution in [1.82, 2.24) is 35.1 Å². The molecule has 3 aromatic heterocycles. The van der Waals surface area contributed by atoms with Crippen LogP contribution >= 0.6 is 0 Å². The van der Waals surface area contributed by atoms with E-state index in [1.165, 1.54) is 16.8 Å². The first-order chi connectivity index (χ1) is 16.5. The van der Waals surface area contributed by atoms with E-state index in [1.807, 2.05) is 12.1 Å². The van der Waals surface area contributed by atoms with Crippen molar-refractivity contribution in [1.29, 1.82) is 0 Å². The molecular weight excluding hydrogens is 449 g/mol. The summed E-state index contributed by atoms with van der Waals surface area (Å²) in [6.07, 6.45) is 0.590. The third-order valence-corrected chi connectivity index (χ3v) is 5.67. The molecule has 0 N–H and O–H groups in total. The van der Waals surface area contributed by atoms with Gasteiger partial charge in [0.15, 0.2) is 0 Å². The largest absolute Gasteiger partial charge is 0.415 e. The van der Waals surface area contributed by atoms with E-state index in [4.69, 9.17) is 4.42 Å². The second kappa shape index (κ2) is 9.21. The third-order valence-electron chi connectivity index (χ3n) is 5.67. The van der Waals surface area contributed by atoms with Crippen LogP contribution in [0.15, 0.2) is 47.1 Å². The average molecular weight is 470 g/mol. The second-order valence-corrected chi connectivity index (χ2v) is 8.05. The van der Waals surface area contributed by atoms with E-state index in [1.54, 1.807) is 12.4 Å². The molecule has 9 nitrogen and oxygen atoms in total. The minimum absolute atomic E-state index is 0.137. The Labute approximate surface area is 192 Å². The molecule has 12 heteroatoms. The lowest BCUT2D eigenvalue weighted by molar-refractivity contribution is 0.116.